The molecule has 23 heavy (non-hydrogen) atoms. The Labute approximate surface area is 140 Å². The maximum atomic E-state index is 11.8. The van der Waals surface area contributed by atoms with E-state index in [1.165, 1.54) is 11.3 Å². The summed E-state index contributed by atoms with van der Waals surface area (Å²) in [6.07, 6.45) is 1.71. The molecule has 7 heteroatoms. The van der Waals surface area contributed by atoms with Gasteiger partial charge in [-0.25, -0.2) is 0 Å². The second kappa shape index (κ2) is 9.29. The number of carbonyl (C=O) groups excluding carboxylic acids is 2. The summed E-state index contributed by atoms with van der Waals surface area (Å²) in [6.45, 7) is 4.16. The van der Waals surface area contributed by atoms with Crippen molar-refractivity contribution in [2.45, 2.75) is 39.5 Å². The first-order valence-electron chi connectivity index (χ1n) is 7.75. The number of amides is 2. The maximum Gasteiger partial charge on any atom is 0.311 e. The summed E-state index contributed by atoms with van der Waals surface area (Å²) in [6, 6.07) is 1.74. The Morgan fingerprint density at radius 3 is 2.43 bits per heavy atom. The van der Waals surface area contributed by atoms with Crippen molar-refractivity contribution < 1.29 is 19.5 Å². The first-order valence-corrected chi connectivity index (χ1v) is 8.70. The van der Waals surface area contributed by atoms with E-state index in [1.54, 1.807) is 11.4 Å². The molecule has 6 nitrogen and oxygen atoms in total. The quantitative estimate of drug-likeness (QED) is 0.569. The summed E-state index contributed by atoms with van der Waals surface area (Å²) < 4.78 is 0. The molecule has 0 aromatic carbocycles. The number of hydrogen-bond acceptors (Lipinski definition) is 4. The maximum absolute atomic E-state index is 11.8. The normalized spacial score (nSPS) is 11.0. The molecule has 1 aromatic heterocycles. The molecule has 0 spiro atoms. The highest BCUT2D eigenvalue weighted by Gasteiger charge is 2.34. The number of rotatable bonds is 10. The fourth-order valence-electron chi connectivity index (χ4n) is 2.18. The van der Waals surface area contributed by atoms with Crippen molar-refractivity contribution in [2.75, 3.05) is 13.1 Å². The Kier molecular flexibility index (Phi) is 7.74. The van der Waals surface area contributed by atoms with Crippen LogP contribution in [0.3, 0.4) is 0 Å². The highest BCUT2D eigenvalue weighted by Crippen LogP contribution is 2.25. The molecule has 0 bridgehead atoms. The molecule has 128 valence electrons. The van der Waals surface area contributed by atoms with Crippen LogP contribution in [0.4, 0.5) is 0 Å². The Balaban J connectivity index is 2.26. The first kappa shape index (κ1) is 19.2. The van der Waals surface area contributed by atoms with Crippen molar-refractivity contribution >= 4 is 29.1 Å². The van der Waals surface area contributed by atoms with Gasteiger partial charge < -0.3 is 15.7 Å². The smallest absolute Gasteiger partial charge is 0.311 e. The zero-order valence-electron chi connectivity index (χ0n) is 13.6. The fourth-order valence-corrected chi connectivity index (χ4v) is 2.82. The fraction of sp³-hybridized carbons (Fsp3) is 0.562. The van der Waals surface area contributed by atoms with Crippen LogP contribution in [-0.4, -0.2) is 36.0 Å². The average molecular weight is 340 g/mol. The van der Waals surface area contributed by atoms with Gasteiger partial charge >= 0.3 is 5.97 Å². The monoisotopic (exact) mass is 340 g/mol. The molecule has 0 aliphatic rings. The number of carboxylic acids is 1. The van der Waals surface area contributed by atoms with Crippen LogP contribution in [0.2, 0.25) is 0 Å². The Morgan fingerprint density at radius 2 is 1.91 bits per heavy atom. The Hall–Kier alpha value is -1.89. The largest absolute Gasteiger partial charge is 0.481 e. The highest BCUT2D eigenvalue weighted by molar-refractivity contribution is 7.08. The lowest BCUT2D eigenvalue weighted by Gasteiger charge is -2.26. The number of aliphatic carboxylic acids is 1. The van der Waals surface area contributed by atoms with E-state index >= 15 is 0 Å². The van der Waals surface area contributed by atoms with E-state index in [4.69, 9.17) is 0 Å². The number of carboxylic acid groups (broad SMARTS) is 1. The van der Waals surface area contributed by atoms with Crippen LogP contribution in [-0.2, 0) is 9.59 Å². The van der Waals surface area contributed by atoms with E-state index in [0.717, 1.165) is 0 Å². The van der Waals surface area contributed by atoms with Crippen LogP contribution < -0.4 is 10.6 Å². The minimum Gasteiger partial charge on any atom is -0.481 e. The molecule has 0 saturated heterocycles. The van der Waals surface area contributed by atoms with Gasteiger partial charge in [0.2, 0.25) is 5.91 Å². The van der Waals surface area contributed by atoms with Gasteiger partial charge in [-0.3, -0.25) is 14.4 Å². The summed E-state index contributed by atoms with van der Waals surface area (Å²) >= 11 is 1.45. The molecule has 0 aliphatic carbocycles. The summed E-state index contributed by atoms with van der Waals surface area (Å²) in [7, 11) is 0. The second-order valence-electron chi connectivity index (χ2n) is 5.44. The Morgan fingerprint density at radius 1 is 1.22 bits per heavy atom. The third-order valence-electron chi connectivity index (χ3n) is 4.08. The molecular weight excluding hydrogens is 316 g/mol. The highest BCUT2D eigenvalue weighted by atomic mass is 32.1. The number of nitrogens with one attached hydrogen (secondary N) is 2. The van der Waals surface area contributed by atoms with Crippen LogP contribution in [0.15, 0.2) is 16.8 Å². The van der Waals surface area contributed by atoms with Crippen LogP contribution in [0.1, 0.15) is 49.9 Å². The van der Waals surface area contributed by atoms with E-state index in [9.17, 15) is 19.5 Å². The molecule has 2 amide bonds. The van der Waals surface area contributed by atoms with Gasteiger partial charge in [0.15, 0.2) is 0 Å². The minimum absolute atomic E-state index is 0.134. The van der Waals surface area contributed by atoms with E-state index in [1.807, 2.05) is 19.2 Å². The standard InChI is InChI=1S/C16H24N2O4S/c1-3-16(4-2,15(21)22)11-18-13(19)6-5-8-17-14(20)12-7-9-23-10-12/h7,9-10H,3-6,8,11H2,1-2H3,(H,17,20)(H,18,19)(H,21,22). The molecule has 0 fully saturated rings. The topological polar surface area (TPSA) is 95.5 Å². The predicted molar refractivity (Wildman–Crippen MR) is 89.5 cm³/mol. The molecular formula is C16H24N2O4S. The van der Waals surface area contributed by atoms with Crippen molar-refractivity contribution in [1.29, 1.82) is 0 Å². The van der Waals surface area contributed by atoms with Crippen molar-refractivity contribution in [3.8, 4) is 0 Å². The van der Waals surface area contributed by atoms with Crippen LogP contribution in [0.25, 0.3) is 0 Å². The molecule has 0 unspecified atom stereocenters. The van der Waals surface area contributed by atoms with Crippen LogP contribution in [0.5, 0.6) is 0 Å². The van der Waals surface area contributed by atoms with Crippen LogP contribution >= 0.6 is 11.3 Å². The van der Waals surface area contributed by atoms with Crippen LogP contribution in [0, 0.1) is 5.41 Å². The lowest BCUT2D eigenvalue weighted by atomic mass is 9.82. The van der Waals surface area contributed by atoms with Crippen molar-refractivity contribution in [3.05, 3.63) is 22.4 Å². The number of hydrogen-bond donors (Lipinski definition) is 3. The number of carbonyl (C=O) groups is 3. The summed E-state index contributed by atoms with van der Waals surface area (Å²) in [4.78, 5) is 34.8. The van der Waals surface area contributed by atoms with Gasteiger partial charge in [-0.2, -0.15) is 11.3 Å². The van der Waals surface area contributed by atoms with E-state index < -0.39 is 11.4 Å². The molecule has 1 rings (SSSR count). The Bertz CT molecular complexity index is 524. The van der Waals surface area contributed by atoms with E-state index in [-0.39, 0.29) is 24.8 Å². The molecule has 0 radical (unpaired) electrons. The van der Waals surface area contributed by atoms with Gasteiger partial charge in [0, 0.05) is 30.5 Å². The number of thiophene rings is 1. The molecule has 1 aromatic rings. The summed E-state index contributed by atoms with van der Waals surface area (Å²) in [5, 5.41) is 18.3. The average Bonchev–Trinajstić information content (AvgIpc) is 3.07. The third-order valence-corrected chi connectivity index (χ3v) is 4.76. The first-order chi connectivity index (χ1) is 10.9. The summed E-state index contributed by atoms with van der Waals surface area (Å²) in [5.74, 6) is -1.22. The molecule has 3 N–H and O–H groups in total. The van der Waals surface area contributed by atoms with Gasteiger partial charge in [-0.05, 0) is 30.7 Å². The van der Waals surface area contributed by atoms with Crippen molar-refractivity contribution in [3.63, 3.8) is 0 Å². The second-order valence-corrected chi connectivity index (χ2v) is 6.22. The zero-order valence-corrected chi connectivity index (χ0v) is 14.4. The summed E-state index contributed by atoms with van der Waals surface area (Å²) in [5.41, 5.74) is -0.278. The van der Waals surface area contributed by atoms with Gasteiger partial charge in [0.25, 0.3) is 5.91 Å². The zero-order chi connectivity index (χ0) is 17.3. The van der Waals surface area contributed by atoms with Crippen molar-refractivity contribution in [1.82, 2.24) is 10.6 Å². The lowest BCUT2D eigenvalue weighted by molar-refractivity contribution is -0.149. The molecule has 1 heterocycles. The minimum atomic E-state index is -0.900. The van der Waals surface area contributed by atoms with Crippen molar-refractivity contribution in [2.24, 2.45) is 5.41 Å². The molecule has 0 saturated carbocycles. The van der Waals surface area contributed by atoms with E-state index in [2.05, 4.69) is 10.6 Å². The SMILES string of the molecule is CCC(CC)(CNC(=O)CCCNC(=O)c1ccsc1)C(=O)O. The van der Waals surface area contributed by atoms with E-state index in [0.29, 0.717) is 31.4 Å². The van der Waals surface area contributed by atoms with Gasteiger partial charge in [0.05, 0.1) is 5.41 Å². The third kappa shape index (κ3) is 5.67. The lowest BCUT2D eigenvalue weighted by Crippen LogP contribution is -2.42. The van der Waals surface area contributed by atoms with Gasteiger partial charge in [-0.15, -0.1) is 0 Å². The predicted octanol–water partition coefficient (Wildman–Crippen LogP) is 2.27. The van der Waals surface area contributed by atoms with Gasteiger partial charge in [0.1, 0.15) is 0 Å². The molecule has 0 atom stereocenters. The molecule has 0 aliphatic heterocycles. The van der Waals surface area contributed by atoms with Gasteiger partial charge in [-0.1, -0.05) is 13.8 Å².